The molecule has 68 valence electrons. The summed E-state index contributed by atoms with van der Waals surface area (Å²) in [6.45, 7) is 2.78. The molecule has 0 spiro atoms. The Bertz CT molecular complexity index is 375. The molecule has 3 heteroatoms. The number of thiazole rings is 1. The van der Waals surface area contributed by atoms with E-state index >= 15 is 0 Å². The Morgan fingerprint density at radius 2 is 2.23 bits per heavy atom. The molecule has 0 fully saturated rings. The molecule has 0 saturated heterocycles. The summed E-state index contributed by atoms with van der Waals surface area (Å²) in [4.78, 5) is 4.52. The molecule has 0 aliphatic carbocycles. The Hall–Kier alpha value is -0.930. The fourth-order valence-electron chi connectivity index (χ4n) is 1.20. The maximum Gasteiger partial charge on any atom is 0.0979 e. The van der Waals surface area contributed by atoms with Crippen LogP contribution in [0, 0.1) is 0 Å². The van der Waals surface area contributed by atoms with E-state index in [4.69, 9.17) is 5.73 Å². The van der Waals surface area contributed by atoms with Crippen LogP contribution in [0.25, 0.3) is 10.2 Å². The van der Waals surface area contributed by atoms with Crippen molar-refractivity contribution in [2.45, 2.75) is 12.8 Å². The van der Waals surface area contributed by atoms with Gasteiger partial charge in [0, 0.05) is 12.5 Å². The number of benzene rings is 1. The Kier molecular flexibility index (Phi) is 2.29. The van der Waals surface area contributed by atoms with Crippen LogP contribution in [0.5, 0.6) is 0 Å². The summed E-state index contributed by atoms with van der Waals surface area (Å²) < 4.78 is 1.25. The van der Waals surface area contributed by atoms with Gasteiger partial charge in [-0.05, 0) is 12.1 Å². The van der Waals surface area contributed by atoms with Gasteiger partial charge < -0.3 is 5.73 Å². The predicted molar refractivity (Wildman–Crippen MR) is 57.1 cm³/mol. The summed E-state index contributed by atoms with van der Waals surface area (Å²) in [5, 5.41) is 1.14. The van der Waals surface area contributed by atoms with E-state index in [9.17, 15) is 0 Å². The molecule has 1 heterocycles. The van der Waals surface area contributed by atoms with E-state index in [-0.39, 0.29) is 0 Å². The molecule has 1 aromatic carbocycles. The van der Waals surface area contributed by atoms with Gasteiger partial charge in [0.15, 0.2) is 0 Å². The van der Waals surface area contributed by atoms with Gasteiger partial charge in [-0.15, -0.1) is 11.3 Å². The molecule has 1 atom stereocenters. The van der Waals surface area contributed by atoms with Crippen LogP contribution in [0.3, 0.4) is 0 Å². The van der Waals surface area contributed by atoms with Gasteiger partial charge in [-0.3, -0.25) is 0 Å². The summed E-state index contributed by atoms with van der Waals surface area (Å²) in [5.74, 6) is 0.373. The zero-order valence-corrected chi connectivity index (χ0v) is 8.34. The molecule has 0 aliphatic rings. The minimum absolute atomic E-state index is 0.373. The molecule has 0 radical (unpaired) electrons. The SMILES string of the molecule is C[C@H](CN)c1nc2ccccc2s1. The number of nitrogens with two attached hydrogens (primary N) is 1. The lowest BCUT2D eigenvalue weighted by atomic mass is 10.2. The smallest absolute Gasteiger partial charge is 0.0979 e. The van der Waals surface area contributed by atoms with Crippen LogP contribution < -0.4 is 5.73 Å². The summed E-state index contributed by atoms with van der Waals surface area (Å²) >= 11 is 1.74. The fraction of sp³-hybridized carbons (Fsp3) is 0.300. The Morgan fingerprint density at radius 3 is 2.92 bits per heavy atom. The largest absolute Gasteiger partial charge is 0.330 e. The fourth-order valence-corrected chi connectivity index (χ4v) is 2.23. The topological polar surface area (TPSA) is 38.9 Å². The molecule has 2 rings (SSSR count). The highest BCUT2D eigenvalue weighted by Crippen LogP contribution is 2.26. The van der Waals surface area contributed by atoms with Crippen molar-refractivity contribution in [2.24, 2.45) is 5.73 Å². The number of hydrogen-bond acceptors (Lipinski definition) is 3. The lowest BCUT2D eigenvalue weighted by Gasteiger charge is -2.00. The average Bonchev–Trinajstić information content (AvgIpc) is 2.59. The van der Waals surface area contributed by atoms with E-state index in [1.165, 1.54) is 4.70 Å². The Balaban J connectivity index is 2.49. The van der Waals surface area contributed by atoms with Crippen molar-refractivity contribution < 1.29 is 0 Å². The first-order valence-corrected chi connectivity index (χ1v) is 5.18. The van der Waals surface area contributed by atoms with Crippen LogP contribution >= 0.6 is 11.3 Å². The zero-order chi connectivity index (χ0) is 9.26. The molecule has 2 N–H and O–H groups in total. The lowest BCUT2D eigenvalue weighted by molar-refractivity contribution is 0.768. The predicted octanol–water partition coefficient (Wildman–Crippen LogP) is 2.36. The third-order valence-corrected chi connectivity index (χ3v) is 3.35. The third-order valence-electron chi connectivity index (χ3n) is 2.09. The van der Waals surface area contributed by atoms with Gasteiger partial charge in [-0.25, -0.2) is 4.98 Å². The molecular formula is C10H12N2S. The minimum atomic E-state index is 0.373. The van der Waals surface area contributed by atoms with Crippen LogP contribution in [-0.2, 0) is 0 Å². The van der Waals surface area contributed by atoms with E-state index in [1.54, 1.807) is 11.3 Å². The molecule has 0 bridgehead atoms. The lowest BCUT2D eigenvalue weighted by Crippen LogP contribution is -2.08. The van der Waals surface area contributed by atoms with Crippen molar-refractivity contribution in [1.29, 1.82) is 0 Å². The molecule has 1 aromatic heterocycles. The summed E-state index contributed by atoms with van der Waals surface area (Å²) in [7, 11) is 0. The molecular weight excluding hydrogens is 180 g/mol. The van der Waals surface area contributed by atoms with Crippen molar-refractivity contribution in [1.82, 2.24) is 4.98 Å². The van der Waals surface area contributed by atoms with Crippen molar-refractivity contribution >= 4 is 21.6 Å². The first kappa shape index (κ1) is 8.66. The van der Waals surface area contributed by atoms with Gasteiger partial charge in [0.25, 0.3) is 0 Å². The molecule has 2 aromatic rings. The highest BCUT2D eigenvalue weighted by molar-refractivity contribution is 7.18. The van der Waals surface area contributed by atoms with Crippen molar-refractivity contribution in [3.8, 4) is 0 Å². The van der Waals surface area contributed by atoms with Crippen molar-refractivity contribution in [2.75, 3.05) is 6.54 Å². The number of nitrogens with zero attached hydrogens (tertiary/aromatic N) is 1. The van der Waals surface area contributed by atoms with Crippen LogP contribution in [0.1, 0.15) is 17.8 Å². The van der Waals surface area contributed by atoms with Gasteiger partial charge in [0.05, 0.1) is 15.2 Å². The minimum Gasteiger partial charge on any atom is -0.330 e. The van der Waals surface area contributed by atoms with Gasteiger partial charge in [0.2, 0.25) is 0 Å². The Labute approximate surface area is 81.4 Å². The highest BCUT2D eigenvalue weighted by Gasteiger charge is 2.08. The van der Waals surface area contributed by atoms with Gasteiger partial charge >= 0.3 is 0 Å². The van der Waals surface area contributed by atoms with Crippen molar-refractivity contribution in [3.63, 3.8) is 0 Å². The summed E-state index contributed by atoms with van der Waals surface area (Å²) in [6, 6.07) is 8.19. The monoisotopic (exact) mass is 192 g/mol. The number of rotatable bonds is 2. The normalized spacial score (nSPS) is 13.4. The average molecular weight is 192 g/mol. The van der Waals surface area contributed by atoms with Gasteiger partial charge in [-0.1, -0.05) is 19.1 Å². The van der Waals surface area contributed by atoms with Gasteiger partial charge in [-0.2, -0.15) is 0 Å². The first-order chi connectivity index (χ1) is 6.31. The Morgan fingerprint density at radius 1 is 1.46 bits per heavy atom. The second-order valence-electron chi connectivity index (χ2n) is 3.16. The number of aromatic nitrogens is 1. The second kappa shape index (κ2) is 3.44. The maximum absolute atomic E-state index is 5.59. The zero-order valence-electron chi connectivity index (χ0n) is 7.53. The van der Waals surface area contributed by atoms with Crippen LogP contribution in [-0.4, -0.2) is 11.5 Å². The molecule has 0 saturated carbocycles. The summed E-state index contributed by atoms with van der Waals surface area (Å²) in [6.07, 6.45) is 0. The first-order valence-electron chi connectivity index (χ1n) is 4.37. The maximum atomic E-state index is 5.59. The van der Waals surface area contributed by atoms with E-state index in [2.05, 4.69) is 18.0 Å². The second-order valence-corrected chi connectivity index (χ2v) is 4.22. The van der Waals surface area contributed by atoms with Crippen molar-refractivity contribution in [3.05, 3.63) is 29.3 Å². The van der Waals surface area contributed by atoms with Crippen LogP contribution in [0.4, 0.5) is 0 Å². The van der Waals surface area contributed by atoms with Crippen LogP contribution in [0.2, 0.25) is 0 Å². The molecule has 0 unspecified atom stereocenters. The number of para-hydroxylation sites is 1. The number of fused-ring (bicyclic) bond motifs is 1. The highest BCUT2D eigenvalue weighted by atomic mass is 32.1. The molecule has 0 amide bonds. The number of hydrogen-bond donors (Lipinski definition) is 1. The summed E-state index contributed by atoms with van der Waals surface area (Å²) in [5.41, 5.74) is 6.68. The van der Waals surface area contributed by atoms with E-state index in [0.717, 1.165) is 10.5 Å². The third kappa shape index (κ3) is 1.57. The quantitative estimate of drug-likeness (QED) is 0.793. The van der Waals surface area contributed by atoms with Crippen LogP contribution in [0.15, 0.2) is 24.3 Å². The molecule has 2 nitrogen and oxygen atoms in total. The standard InChI is InChI=1S/C10H12N2S/c1-7(6-11)10-12-8-4-2-3-5-9(8)13-10/h2-5,7H,6,11H2,1H3/t7-/m1/s1. The van der Waals surface area contributed by atoms with E-state index in [1.807, 2.05) is 18.2 Å². The molecule has 13 heavy (non-hydrogen) atoms. The van der Waals surface area contributed by atoms with E-state index in [0.29, 0.717) is 12.5 Å². The van der Waals surface area contributed by atoms with E-state index < -0.39 is 0 Å². The van der Waals surface area contributed by atoms with Gasteiger partial charge in [0.1, 0.15) is 0 Å². The molecule has 0 aliphatic heterocycles.